The highest BCUT2D eigenvalue weighted by molar-refractivity contribution is 7.09. The number of aromatic nitrogens is 1. The Kier molecular flexibility index (Phi) is 3.85. The molecule has 0 saturated carbocycles. The Hall–Kier alpha value is -0.940. The van der Waals surface area contributed by atoms with Gasteiger partial charge in [-0.15, -0.1) is 11.3 Å². The summed E-state index contributed by atoms with van der Waals surface area (Å²) < 4.78 is 0. The second kappa shape index (κ2) is 4.94. The van der Waals surface area contributed by atoms with Gasteiger partial charge in [0, 0.05) is 11.6 Å². The summed E-state index contributed by atoms with van der Waals surface area (Å²) in [6, 6.07) is 0. The molecule has 0 amide bonds. The molecule has 1 aromatic rings. The molecule has 1 N–H and O–H groups in total. The highest BCUT2D eigenvalue weighted by Crippen LogP contribution is 2.07. The fourth-order valence-electron chi connectivity index (χ4n) is 0.993. The summed E-state index contributed by atoms with van der Waals surface area (Å²) in [6.07, 6.45) is 1.73. The van der Waals surface area contributed by atoms with Crippen LogP contribution in [0, 0.1) is 0 Å². The van der Waals surface area contributed by atoms with Crippen LogP contribution in [-0.2, 0) is 11.3 Å². The number of rotatable bonds is 5. The van der Waals surface area contributed by atoms with Crippen LogP contribution in [0.3, 0.4) is 0 Å². The lowest BCUT2D eigenvalue weighted by Gasteiger charge is -2.15. The van der Waals surface area contributed by atoms with Crippen LogP contribution >= 0.6 is 11.3 Å². The number of carbonyl (C=O) groups is 1. The standard InChI is InChI=1S/C8H12N2O2S/c1-2-10(6-8(11)12)5-7-9-3-4-13-7/h3-4H,2,5-6H2,1H3,(H,11,12). The molecule has 0 spiro atoms. The van der Waals surface area contributed by atoms with Crippen molar-refractivity contribution in [1.29, 1.82) is 0 Å². The summed E-state index contributed by atoms with van der Waals surface area (Å²) in [5.41, 5.74) is 0. The van der Waals surface area contributed by atoms with E-state index in [1.807, 2.05) is 17.2 Å². The highest BCUT2D eigenvalue weighted by Gasteiger charge is 2.08. The predicted octanol–water partition coefficient (Wildman–Crippen LogP) is 1.05. The zero-order valence-electron chi connectivity index (χ0n) is 7.43. The Morgan fingerprint density at radius 2 is 2.54 bits per heavy atom. The summed E-state index contributed by atoms with van der Waals surface area (Å²) in [6.45, 7) is 3.37. The quantitative estimate of drug-likeness (QED) is 0.772. The van der Waals surface area contributed by atoms with Gasteiger partial charge in [-0.05, 0) is 6.54 Å². The summed E-state index contributed by atoms with van der Waals surface area (Å²) >= 11 is 1.55. The number of thiazole rings is 1. The second-order valence-corrected chi connectivity index (χ2v) is 3.60. The first-order chi connectivity index (χ1) is 6.22. The normalized spacial score (nSPS) is 10.6. The molecule has 5 heteroatoms. The minimum atomic E-state index is -0.793. The second-order valence-electron chi connectivity index (χ2n) is 2.62. The topological polar surface area (TPSA) is 53.4 Å². The van der Waals surface area contributed by atoms with E-state index in [1.54, 1.807) is 17.5 Å². The molecule has 1 rings (SSSR count). The molecule has 0 aromatic carbocycles. The van der Waals surface area contributed by atoms with Gasteiger partial charge in [-0.2, -0.15) is 0 Å². The van der Waals surface area contributed by atoms with Crippen LogP contribution < -0.4 is 0 Å². The molecule has 0 aliphatic rings. The first kappa shape index (κ1) is 10.1. The molecule has 0 fully saturated rings. The Bertz CT molecular complexity index is 261. The lowest BCUT2D eigenvalue weighted by Crippen LogP contribution is -2.28. The van der Waals surface area contributed by atoms with Crippen LogP contribution in [0.1, 0.15) is 11.9 Å². The van der Waals surface area contributed by atoms with Crippen molar-refractivity contribution in [3.8, 4) is 0 Å². The van der Waals surface area contributed by atoms with Gasteiger partial charge in [-0.3, -0.25) is 9.69 Å². The van der Waals surface area contributed by atoms with Crippen LogP contribution in [0.25, 0.3) is 0 Å². The van der Waals surface area contributed by atoms with Gasteiger partial charge in [0.15, 0.2) is 0 Å². The fraction of sp³-hybridized carbons (Fsp3) is 0.500. The first-order valence-corrected chi connectivity index (χ1v) is 4.93. The number of aliphatic carboxylic acids is 1. The molecule has 0 unspecified atom stereocenters. The van der Waals surface area contributed by atoms with Gasteiger partial charge in [0.2, 0.25) is 0 Å². The first-order valence-electron chi connectivity index (χ1n) is 4.05. The van der Waals surface area contributed by atoms with Crippen LogP contribution in [0.2, 0.25) is 0 Å². The number of carboxylic acids is 1. The van der Waals surface area contributed by atoms with E-state index in [9.17, 15) is 4.79 Å². The van der Waals surface area contributed by atoms with Crippen LogP contribution in [0.4, 0.5) is 0 Å². The zero-order chi connectivity index (χ0) is 9.68. The summed E-state index contributed by atoms with van der Waals surface area (Å²) in [7, 11) is 0. The fourth-order valence-corrected chi connectivity index (χ4v) is 1.65. The van der Waals surface area contributed by atoms with Crippen LogP contribution in [-0.4, -0.2) is 34.0 Å². The van der Waals surface area contributed by atoms with E-state index in [4.69, 9.17) is 5.11 Å². The average molecular weight is 200 g/mol. The molecule has 1 heterocycles. The van der Waals surface area contributed by atoms with E-state index in [-0.39, 0.29) is 6.54 Å². The van der Waals surface area contributed by atoms with Gasteiger partial charge < -0.3 is 5.11 Å². The van der Waals surface area contributed by atoms with Crippen molar-refractivity contribution in [3.05, 3.63) is 16.6 Å². The molecule has 0 radical (unpaired) electrons. The molecule has 4 nitrogen and oxygen atoms in total. The molecule has 0 atom stereocenters. The summed E-state index contributed by atoms with van der Waals surface area (Å²) in [5.74, 6) is -0.793. The third kappa shape index (κ3) is 3.52. The highest BCUT2D eigenvalue weighted by atomic mass is 32.1. The van der Waals surface area contributed by atoms with Crippen molar-refractivity contribution in [1.82, 2.24) is 9.88 Å². The zero-order valence-corrected chi connectivity index (χ0v) is 8.25. The van der Waals surface area contributed by atoms with Crippen molar-refractivity contribution in [2.75, 3.05) is 13.1 Å². The number of hydrogen-bond acceptors (Lipinski definition) is 4. The Morgan fingerprint density at radius 1 is 1.77 bits per heavy atom. The minimum Gasteiger partial charge on any atom is -0.480 e. The van der Waals surface area contributed by atoms with E-state index in [0.717, 1.165) is 11.6 Å². The molecular weight excluding hydrogens is 188 g/mol. The number of nitrogens with zero attached hydrogens (tertiary/aromatic N) is 2. The van der Waals surface area contributed by atoms with Crippen molar-refractivity contribution in [2.45, 2.75) is 13.5 Å². The van der Waals surface area contributed by atoms with E-state index in [1.165, 1.54) is 0 Å². The largest absolute Gasteiger partial charge is 0.480 e. The summed E-state index contributed by atoms with van der Waals surface area (Å²) in [5, 5.41) is 11.4. The van der Waals surface area contributed by atoms with E-state index in [2.05, 4.69) is 4.98 Å². The Balaban J connectivity index is 2.45. The average Bonchev–Trinajstić information content (AvgIpc) is 2.55. The monoisotopic (exact) mass is 200 g/mol. The lowest BCUT2D eigenvalue weighted by molar-refractivity contribution is -0.138. The molecule has 0 bridgehead atoms. The van der Waals surface area contributed by atoms with Crippen molar-refractivity contribution < 1.29 is 9.90 Å². The maximum Gasteiger partial charge on any atom is 0.317 e. The van der Waals surface area contributed by atoms with E-state index >= 15 is 0 Å². The Labute approximate surface area is 80.8 Å². The molecule has 1 aromatic heterocycles. The molecule has 0 aliphatic heterocycles. The third-order valence-corrected chi connectivity index (χ3v) is 2.41. The van der Waals surface area contributed by atoms with Gasteiger partial charge in [0.1, 0.15) is 5.01 Å². The van der Waals surface area contributed by atoms with Gasteiger partial charge in [0.25, 0.3) is 0 Å². The number of likely N-dealkylation sites (N-methyl/N-ethyl adjacent to an activating group) is 1. The molecule has 0 aliphatic carbocycles. The molecule has 13 heavy (non-hydrogen) atoms. The van der Waals surface area contributed by atoms with Crippen LogP contribution in [0.5, 0.6) is 0 Å². The smallest absolute Gasteiger partial charge is 0.317 e. The SMILES string of the molecule is CCN(CC(=O)O)Cc1nccs1. The van der Waals surface area contributed by atoms with E-state index < -0.39 is 5.97 Å². The number of hydrogen-bond donors (Lipinski definition) is 1. The third-order valence-electron chi connectivity index (χ3n) is 1.65. The van der Waals surface area contributed by atoms with Gasteiger partial charge in [-0.25, -0.2) is 4.98 Å². The van der Waals surface area contributed by atoms with Crippen molar-refractivity contribution in [2.24, 2.45) is 0 Å². The van der Waals surface area contributed by atoms with Gasteiger partial charge in [-0.1, -0.05) is 6.92 Å². The van der Waals surface area contributed by atoms with Crippen molar-refractivity contribution >= 4 is 17.3 Å². The van der Waals surface area contributed by atoms with Gasteiger partial charge in [0.05, 0.1) is 13.1 Å². The lowest BCUT2D eigenvalue weighted by atomic mass is 10.4. The van der Waals surface area contributed by atoms with Gasteiger partial charge >= 0.3 is 5.97 Å². The number of carboxylic acid groups (broad SMARTS) is 1. The molecular formula is C8H12N2O2S. The Morgan fingerprint density at radius 3 is 3.00 bits per heavy atom. The maximum atomic E-state index is 10.4. The van der Waals surface area contributed by atoms with Crippen LogP contribution in [0.15, 0.2) is 11.6 Å². The maximum absolute atomic E-state index is 10.4. The molecule has 72 valence electrons. The molecule has 0 saturated heterocycles. The van der Waals surface area contributed by atoms with Crippen molar-refractivity contribution in [3.63, 3.8) is 0 Å². The summed E-state index contributed by atoms with van der Waals surface area (Å²) in [4.78, 5) is 16.4. The van der Waals surface area contributed by atoms with E-state index in [0.29, 0.717) is 6.54 Å². The predicted molar refractivity (Wildman–Crippen MR) is 50.7 cm³/mol. The minimum absolute atomic E-state index is 0.0794.